The Morgan fingerprint density at radius 2 is 1.73 bits per heavy atom. The first-order valence-electron chi connectivity index (χ1n) is 8.18. The molecule has 0 fully saturated rings. The van der Waals surface area contributed by atoms with Gasteiger partial charge in [0.25, 0.3) is 0 Å². The summed E-state index contributed by atoms with van der Waals surface area (Å²) in [6, 6.07) is 3.50. The first kappa shape index (κ1) is 21.6. The molecule has 0 bridgehead atoms. The Morgan fingerprint density at radius 3 is 2.37 bits per heavy atom. The molecule has 2 aromatic carbocycles. The number of halogens is 6. The molecular formula is C19H11F6NO3S. The quantitative estimate of drug-likeness (QED) is 0.404. The molecule has 11 heteroatoms. The highest BCUT2D eigenvalue weighted by Gasteiger charge is 2.31. The molecule has 0 spiro atoms. The van der Waals surface area contributed by atoms with Gasteiger partial charge in [0.15, 0.2) is 17.3 Å². The fraction of sp³-hybridized carbons (Fsp3) is 0.158. The number of carbonyl (C=O) groups is 1. The summed E-state index contributed by atoms with van der Waals surface area (Å²) >= 11 is 0.935. The van der Waals surface area contributed by atoms with Crippen molar-refractivity contribution < 1.29 is 41.0 Å². The van der Waals surface area contributed by atoms with E-state index in [9.17, 15) is 31.1 Å². The Kier molecular flexibility index (Phi) is 6.01. The van der Waals surface area contributed by atoms with Crippen LogP contribution in [-0.2, 0) is 19.2 Å². The number of hydrogen-bond donors (Lipinski definition) is 1. The summed E-state index contributed by atoms with van der Waals surface area (Å²) in [6.45, 7) is -0.570. The number of ether oxygens (including phenoxy) is 1. The van der Waals surface area contributed by atoms with Crippen molar-refractivity contribution in [2.45, 2.75) is 19.2 Å². The number of rotatable bonds is 6. The second kappa shape index (κ2) is 8.34. The van der Waals surface area contributed by atoms with Gasteiger partial charge in [-0.2, -0.15) is 13.2 Å². The van der Waals surface area contributed by atoms with Crippen LogP contribution in [0.2, 0.25) is 0 Å². The summed E-state index contributed by atoms with van der Waals surface area (Å²) in [4.78, 5) is 14.8. The third-order valence-corrected chi connectivity index (χ3v) is 4.82. The number of hydrogen-bond acceptors (Lipinski definition) is 4. The van der Waals surface area contributed by atoms with Gasteiger partial charge in [-0.05, 0) is 24.3 Å². The molecule has 0 radical (unpaired) electrons. The van der Waals surface area contributed by atoms with Crippen LogP contribution in [-0.4, -0.2) is 16.1 Å². The van der Waals surface area contributed by atoms with Crippen LogP contribution in [0.25, 0.3) is 0 Å². The van der Waals surface area contributed by atoms with Crippen molar-refractivity contribution in [2.24, 2.45) is 0 Å². The third kappa shape index (κ3) is 4.90. The Bertz CT molecular complexity index is 1100. The predicted octanol–water partition coefficient (Wildman–Crippen LogP) is 5.45. The average Bonchev–Trinajstić information content (AvgIpc) is 3.12. The van der Waals surface area contributed by atoms with Crippen molar-refractivity contribution in [3.8, 4) is 5.75 Å². The van der Waals surface area contributed by atoms with Gasteiger partial charge in [0.2, 0.25) is 0 Å². The summed E-state index contributed by atoms with van der Waals surface area (Å²) in [5, 5.41) is 10.4. The molecule has 158 valence electrons. The van der Waals surface area contributed by atoms with Crippen molar-refractivity contribution in [3.05, 3.63) is 80.6 Å². The molecule has 0 aliphatic rings. The zero-order valence-corrected chi connectivity index (χ0v) is 15.6. The van der Waals surface area contributed by atoms with Gasteiger partial charge in [-0.3, -0.25) is 0 Å². The van der Waals surface area contributed by atoms with E-state index in [-0.39, 0.29) is 34.0 Å². The zero-order chi connectivity index (χ0) is 22.1. The summed E-state index contributed by atoms with van der Waals surface area (Å²) in [6.07, 6.45) is -4.83. The highest BCUT2D eigenvalue weighted by atomic mass is 32.1. The normalized spacial score (nSPS) is 11.5. The molecule has 0 unspecified atom stereocenters. The highest BCUT2D eigenvalue weighted by molar-refractivity contribution is 7.09. The fourth-order valence-corrected chi connectivity index (χ4v) is 3.31. The van der Waals surface area contributed by atoms with Crippen LogP contribution in [0.5, 0.6) is 5.75 Å². The number of carboxylic acids is 1. The van der Waals surface area contributed by atoms with Crippen molar-refractivity contribution in [1.82, 2.24) is 4.98 Å². The summed E-state index contributed by atoms with van der Waals surface area (Å²) in [5.74, 6) is -5.12. The average molecular weight is 447 g/mol. The van der Waals surface area contributed by atoms with Crippen LogP contribution in [0.1, 0.15) is 32.2 Å². The maximum atomic E-state index is 13.8. The number of aromatic carboxylic acids is 1. The van der Waals surface area contributed by atoms with E-state index in [1.165, 1.54) is 5.38 Å². The molecule has 0 amide bonds. The van der Waals surface area contributed by atoms with Crippen LogP contribution in [0.4, 0.5) is 26.3 Å². The van der Waals surface area contributed by atoms with Gasteiger partial charge >= 0.3 is 12.1 Å². The van der Waals surface area contributed by atoms with Crippen molar-refractivity contribution in [3.63, 3.8) is 0 Å². The molecule has 0 saturated heterocycles. The highest BCUT2D eigenvalue weighted by Crippen LogP contribution is 2.34. The molecule has 1 heterocycles. The van der Waals surface area contributed by atoms with Crippen LogP contribution in [0.3, 0.4) is 0 Å². The van der Waals surface area contributed by atoms with Crippen molar-refractivity contribution in [2.75, 3.05) is 0 Å². The molecule has 30 heavy (non-hydrogen) atoms. The number of benzene rings is 2. The maximum Gasteiger partial charge on any atom is 0.416 e. The smallest absolute Gasteiger partial charge is 0.416 e. The fourth-order valence-electron chi connectivity index (χ4n) is 2.52. The van der Waals surface area contributed by atoms with Gasteiger partial charge in [-0.15, -0.1) is 11.3 Å². The van der Waals surface area contributed by atoms with E-state index in [4.69, 9.17) is 9.84 Å². The van der Waals surface area contributed by atoms with Gasteiger partial charge in [0.05, 0.1) is 10.6 Å². The first-order valence-corrected chi connectivity index (χ1v) is 9.06. The molecule has 0 aliphatic carbocycles. The van der Waals surface area contributed by atoms with Crippen LogP contribution < -0.4 is 4.74 Å². The van der Waals surface area contributed by atoms with Crippen molar-refractivity contribution in [1.29, 1.82) is 0 Å². The Balaban J connectivity index is 1.90. The van der Waals surface area contributed by atoms with E-state index >= 15 is 0 Å². The van der Waals surface area contributed by atoms with Gasteiger partial charge in [-0.25, -0.2) is 22.9 Å². The Labute approximate surface area is 169 Å². The lowest BCUT2D eigenvalue weighted by atomic mass is 10.1. The largest absolute Gasteiger partial charge is 0.488 e. The molecule has 0 saturated carbocycles. The van der Waals surface area contributed by atoms with Crippen LogP contribution >= 0.6 is 11.3 Å². The minimum Gasteiger partial charge on any atom is -0.488 e. The second-order valence-corrected chi connectivity index (χ2v) is 7.02. The summed E-state index contributed by atoms with van der Waals surface area (Å²) < 4.78 is 84.7. The molecule has 3 rings (SSSR count). The molecule has 3 aromatic rings. The lowest BCUT2D eigenvalue weighted by molar-refractivity contribution is -0.137. The standard InChI is InChI=1S/C19H11F6NO3S/c20-12-6-14(22)13(21)4-10(12)7-29-16-2-1-11(19(23,24)25)3-9(16)5-17-26-15(8-30-17)18(27)28/h1-4,6,8H,5,7H2,(H,27,28). The Hall–Kier alpha value is -3.08. The minimum atomic E-state index is -4.64. The number of nitrogens with zero attached hydrogens (tertiary/aromatic N) is 1. The van der Waals surface area contributed by atoms with Crippen LogP contribution in [0, 0.1) is 17.5 Å². The zero-order valence-electron chi connectivity index (χ0n) is 14.8. The predicted molar refractivity (Wildman–Crippen MR) is 94.0 cm³/mol. The van der Waals surface area contributed by atoms with Crippen LogP contribution in [0.15, 0.2) is 35.7 Å². The Morgan fingerprint density at radius 1 is 1.03 bits per heavy atom. The molecular weight excluding hydrogens is 436 g/mol. The first-order chi connectivity index (χ1) is 14.0. The van der Waals surface area contributed by atoms with Gasteiger partial charge in [0, 0.05) is 29.0 Å². The van der Waals surface area contributed by atoms with E-state index in [1.807, 2.05) is 0 Å². The lowest BCUT2D eigenvalue weighted by Crippen LogP contribution is -2.08. The SMILES string of the molecule is O=C(O)c1csc(Cc2cc(C(F)(F)F)ccc2OCc2cc(F)c(F)cc2F)n1. The van der Waals surface area contributed by atoms with E-state index < -0.39 is 41.8 Å². The van der Waals surface area contributed by atoms with E-state index in [0.717, 1.165) is 29.5 Å². The molecule has 1 aromatic heterocycles. The second-order valence-electron chi connectivity index (χ2n) is 6.08. The molecule has 0 atom stereocenters. The third-order valence-electron chi connectivity index (χ3n) is 3.97. The number of alkyl halides is 3. The summed E-state index contributed by atoms with van der Waals surface area (Å²) in [5.41, 5.74) is -1.55. The lowest BCUT2D eigenvalue weighted by Gasteiger charge is -2.14. The molecule has 1 N–H and O–H groups in total. The number of thiazole rings is 1. The molecule has 4 nitrogen and oxygen atoms in total. The maximum absolute atomic E-state index is 13.8. The van der Waals surface area contributed by atoms with Gasteiger partial charge in [0.1, 0.15) is 18.2 Å². The van der Waals surface area contributed by atoms with Gasteiger partial charge < -0.3 is 9.84 Å². The summed E-state index contributed by atoms with van der Waals surface area (Å²) in [7, 11) is 0. The topological polar surface area (TPSA) is 59.4 Å². The van der Waals surface area contributed by atoms with Crippen molar-refractivity contribution >= 4 is 17.3 Å². The van der Waals surface area contributed by atoms with E-state index in [2.05, 4.69) is 4.98 Å². The van der Waals surface area contributed by atoms with E-state index in [1.54, 1.807) is 0 Å². The van der Waals surface area contributed by atoms with Gasteiger partial charge in [-0.1, -0.05) is 0 Å². The number of aromatic nitrogens is 1. The minimum absolute atomic E-state index is 0.0131. The number of carboxylic acid groups (broad SMARTS) is 1. The molecule has 0 aliphatic heterocycles. The monoisotopic (exact) mass is 447 g/mol. The van der Waals surface area contributed by atoms with E-state index in [0.29, 0.717) is 12.1 Å².